The van der Waals surface area contributed by atoms with Gasteiger partial charge in [-0.2, -0.15) is 0 Å². The van der Waals surface area contributed by atoms with Crippen LogP contribution in [0.25, 0.3) is 0 Å². The molecule has 0 bridgehead atoms. The summed E-state index contributed by atoms with van der Waals surface area (Å²) in [5, 5.41) is 14.4. The number of nitrogens with one attached hydrogen (secondary N) is 2. The van der Waals surface area contributed by atoms with Gasteiger partial charge in [-0.05, 0) is 42.9 Å². The molecule has 7 nitrogen and oxygen atoms in total. The van der Waals surface area contributed by atoms with Gasteiger partial charge in [0.15, 0.2) is 22.4 Å². The number of nitrogens with zero attached hydrogens (tertiary/aromatic N) is 1. The third kappa shape index (κ3) is 4.53. The number of aromatic amines is 1. The van der Waals surface area contributed by atoms with Crippen molar-refractivity contribution in [2.24, 2.45) is 5.41 Å². The first-order valence-corrected chi connectivity index (χ1v) is 12.3. The molecular weight excluding hydrogens is 438 g/mol. The van der Waals surface area contributed by atoms with E-state index < -0.39 is 5.92 Å². The van der Waals surface area contributed by atoms with Gasteiger partial charge in [-0.15, -0.1) is 0 Å². The maximum absolute atomic E-state index is 13.4. The summed E-state index contributed by atoms with van der Waals surface area (Å²) in [4.78, 5) is 34.4. The highest BCUT2D eigenvalue weighted by Crippen LogP contribution is 2.48. The summed E-state index contributed by atoms with van der Waals surface area (Å²) in [5.74, 6) is 0.276. The van der Waals surface area contributed by atoms with Crippen LogP contribution in [0.4, 0.5) is 5.82 Å². The third-order valence-corrected chi connectivity index (χ3v) is 7.36. The van der Waals surface area contributed by atoms with Crippen LogP contribution in [0.3, 0.4) is 0 Å². The number of fused-ring (bicyclic) bond motifs is 1. The molecule has 2 atom stereocenters. The molecule has 2 aliphatic rings. The molecular formula is C25H31N3O4S. The van der Waals surface area contributed by atoms with E-state index in [9.17, 15) is 14.7 Å². The van der Waals surface area contributed by atoms with Crippen LogP contribution >= 0.6 is 11.8 Å². The van der Waals surface area contributed by atoms with Crippen molar-refractivity contribution in [1.82, 2.24) is 9.97 Å². The molecule has 4 rings (SSSR count). The predicted molar refractivity (Wildman–Crippen MR) is 130 cm³/mol. The molecule has 0 radical (unpaired) electrons. The second-order valence-electron chi connectivity index (χ2n) is 9.52. The van der Waals surface area contributed by atoms with Gasteiger partial charge in [0.25, 0.3) is 5.56 Å². The number of anilines is 1. The number of H-pyrrole nitrogens is 1. The van der Waals surface area contributed by atoms with Crippen LogP contribution in [-0.2, 0) is 4.79 Å². The van der Waals surface area contributed by atoms with Gasteiger partial charge in [0.1, 0.15) is 5.82 Å². The Bertz CT molecular complexity index is 1180. The number of benzene rings is 1. The van der Waals surface area contributed by atoms with Crippen molar-refractivity contribution in [3.8, 4) is 11.5 Å². The zero-order valence-corrected chi connectivity index (χ0v) is 20.6. The maximum Gasteiger partial charge on any atom is 0.257 e. The fourth-order valence-electron chi connectivity index (χ4n) is 4.54. The highest BCUT2D eigenvalue weighted by Gasteiger charge is 2.42. The van der Waals surface area contributed by atoms with Crippen LogP contribution in [-0.4, -0.2) is 32.7 Å². The van der Waals surface area contributed by atoms with Gasteiger partial charge in [0.2, 0.25) is 0 Å². The SMILES string of the molecule is CCOc1cc(C2C3=C(CC(C)(C)CC3=O)Nc3nc(SC(C)CC)[nH]c(=O)c32)ccc1O. The van der Waals surface area contributed by atoms with Gasteiger partial charge >= 0.3 is 0 Å². The molecule has 1 aromatic carbocycles. The van der Waals surface area contributed by atoms with Crippen LogP contribution < -0.4 is 15.6 Å². The Morgan fingerprint density at radius 1 is 1.27 bits per heavy atom. The average Bonchev–Trinajstić information content (AvgIpc) is 2.73. The minimum absolute atomic E-state index is 0.0207. The number of hydrogen-bond donors (Lipinski definition) is 3. The molecule has 3 N–H and O–H groups in total. The Balaban J connectivity index is 1.91. The number of thioether (sulfide) groups is 1. The fraction of sp³-hybridized carbons (Fsp3) is 0.480. The summed E-state index contributed by atoms with van der Waals surface area (Å²) in [7, 11) is 0. The molecule has 33 heavy (non-hydrogen) atoms. The van der Waals surface area contributed by atoms with E-state index in [1.165, 1.54) is 11.8 Å². The highest BCUT2D eigenvalue weighted by atomic mass is 32.2. The van der Waals surface area contributed by atoms with Crippen molar-refractivity contribution in [2.45, 2.75) is 70.2 Å². The summed E-state index contributed by atoms with van der Waals surface area (Å²) in [6.07, 6.45) is 2.04. The Morgan fingerprint density at radius 3 is 2.73 bits per heavy atom. The number of aromatic hydroxyl groups is 1. The number of phenols is 1. The molecule has 1 aliphatic heterocycles. The van der Waals surface area contributed by atoms with Crippen LogP contribution in [0, 0.1) is 5.41 Å². The largest absolute Gasteiger partial charge is 0.504 e. The van der Waals surface area contributed by atoms with E-state index in [0.717, 1.165) is 12.1 Å². The van der Waals surface area contributed by atoms with Gasteiger partial charge in [-0.1, -0.05) is 45.5 Å². The van der Waals surface area contributed by atoms with Gasteiger partial charge in [0, 0.05) is 28.9 Å². The smallest absolute Gasteiger partial charge is 0.257 e. The fourth-order valence-corrected chi connectivity index (χ4v) is 5.38. The van der Waals surface area contributed by atoms with E-state index in [4.69, 9.17) is 9.72 Å². The molecule has 2 aromatic rings. The molecule has 0 saturated carbocycles. The van der Waals surface area contributed by atoms with Crippen molar-refractivity contribution >= 4 is 23.4 Å². The molecule has 1 aliphatic carbocycles. The zero-order chi connectivity index (χ0) is 23.9. The Morgan fingerprint density at radius 2 is 2.03 bits per heavy atom. The molecule has 0 fully saturated rings. The van der Waals surface area contributed by atoms with E-state index in [-0.39, 0.29) is 22.5 Å². The van der Waals surface area contributed by atoms with E-state index in [1.807, 2.05) is 6.92 Å². The summed E-state index contributed by atoms with van der Waals surface area (Å²) in [6.45, 7) is 10.6. The standard InChI is InChI=1S/C25H31N3O4S/c1-6-13(3)33-24-27-22-21(23(31)28-24)19(14-8-9-16(29)18(10-14)32-7-2)20-15(26-22)11-25(4,5)12-17(20)30/h8-10,13,19,29H,6-7,11-12H2,1-5H3,(H2,26,27,28,31). The Kier molecular flexibility index (Phi) is 6.31. The second kappa shape index (κ2) is 8.89. The lowest BCUT2D eigenvalue weighted by Crippen LogP contribution is -2.37. The molecule has 0 amide bonds. The normalized spacial score (nSPS) is 20.0. The lowest BCUT2D eigenvalue weighted by molar-refractivity contribution is -0.118. The van der Waals surface area contributed by atoms with E-state index >= 15 is 0 Å². The first kappa shape index (κ1) is 23.4. The zero-order valence-electron chi connectivity index (χ0n) is 19.7. The van der Waals surface area contributed by atoms with Gasteiger partial charge < -0.3 is 20.1 Å². The Labute approximate surface area is 198 Å². The Hall–Kier alpha value is -2.74. The number of ether oxygens (including phenoxy) is 1. The third-order valence-electron chi connectivity index (χ3n) is 6.20. The number of carbonyl (C=O) groups is 1. The summed E-state index contributed by atoms with van der Waals surface area (Å²) in [5.41, 5.74) is 2.10. The minimum atomic E-state index is -0.585. The number of hydrogen-bond acceptors (Lipinski definition) is 7. The van der Waals surface area contributed by atoms with Crippen LogP contribution in [0.5, 0.6) is 11.5 Å². The van der Waals surface area contributed by atoms with E-state index in [2.05, 4.69) is 38.0 Å². The van der Waals surface area contributed by atoms with Crippen LogP contribution in [0.15, 0.2) is 39.4 Å². The first-order chi connectivity index (χ1) is 15.6. The van der Waals surface area contributed by atoms with Gasteiger partial charge in [0.05, 0.1) is 12.2 Å². The molecule has 0 saturated heterocycles. The molecule has 2 unspecified atom stereocenters. The molecule has 0 spiro atoms. The van der Waals surface area contributed by atoms with Crippen LogP contribution in [0.1, 0.15) is 70.9 Å². The van der Waals surface area contributed by atoms with E-state index in [1.54, 1.807) is 18.2 Å². The maximum atomic E-state index is 13.4. The average molecular weight is 470 g/mol. The molecule has 8 heteroatoms. The minimum Gasteiger partial charge on any atom is -0.504 e. The number of allylic oxidation sites excluding steroid dienone is 2. The quantitative estimate of drug-likeness (QED) is 0.405. The molecule has 2 heterocycles. The summed E-state index contributed by atoms with van der Waals surface area (Å²) < 4.78 is 5.59. The topological polar surface area (TPSA) is 104 Å². The van der Waals surface area contributed by atoms with Crippen molar-refractivity contribution in [1.29, 1.82) is 0 Å². The summed E-state index contributed by atoms with van der Waals surface area (Å²) >= 11 is 1.53. The molecule has 1 aromatic heterocycles. The lowest BCUT2D eigenvalue weighted by Gasteiger charge is -2.38. The number of rotatable bonds is 6. The van der Waals surface area contributed by atoms with Gasteiger partial charge in [-0.3, -0.25) is 9.59 Å². The number of aromatic nitrogens is 2. The van der Waals surface area contributed by atoms with Crippen molar-refractivity contribution in [2.75, 3.05) is 11.9 Å². The first-order valence-electron chi connectivity index (χ1n) is 11.4. The number of phenolic OH excluding ortho intramolecular Hbond substituents is 1. The predicted octanol–water partition coefficient (Wildman–Crippen LogP) is 4.97. The number of ketones is 1. The summed E-state index contributed by atoms with van der Waals surface area (Å²) in [6, 6.07) is 5.02. The van der Waals surface area contributed by atoms with Crippen molar-refractivity contribution in [3.63, 3.8) is 0 Å². The number of Topliss-reactive ketones (excluding diaryl/α,β-unsaturated/α-hetero) is 1. The van der Waals surface area contributed by atoms with Crippen molar-refractivity contribution in [3.05, 3.63) is 50.9 Å². The highest BCUT2D eigenvalue weighted by molar-refractivity contribution is 7.99. The lowest BCUT2D eigenvalue weighted by atomic mass is 9.69. The van der Waals surface area contributed by atoms with Crippen LogP contribution in [0.2, 0.25) is 0 Å². The number of carbonyl (C=O) groups excluding carboxylic acids is 1. The molecule has 176 valence electrons. The monoisotopic (exact) mass is 469 g/mol. The van der Waals surface area contributed by atoms with Crippen molar-refractivity contribution < 1.29 is 14.6 Å². The van der Waals surface area contributed by atoms with Gasteiger partial charge in [-0.25, -0.2) is 4.98 Å². The van der Waals surface area contributed by atoms with E-state index in [0.29, 0.717) is 58.1 Å². The second-order valence-corrected chi connectivity index (χ2v) is 10.9.